The molecule has 0 aliphatic carbocycles. The summed E-state index contributed by atoms with van der Waals surface area (Å²) in [5.74, 6) is 0.131. The van der Waals surface area contributed by atoms with Crippen molar-refractivity contribution in [3.05, 3.63) is 0 Å². The molecule has 0 aliphatic rings. The Hall–Kier alpha value is -0.640. The van der Waals surface area contributed by atoms with Gasteiger partial charge in [-0.05, 0) is 0 Å². The number of alkyl halides is 1. The van der Waals surface area contributed by atoms with Crippen LogP contribution in [0.25, 0.3) is 0 Å². The van der Waals surface area contributed by atoms with Gasteiger partial charge in [0.25, 0.3) is 0 Å². The zero-order chi connectivity index (χ0) is 6.41. The normalized spacial score (nSPS) is 10.1. The quantitative estimate of drug-likeness (QED) is 0.246. The van der Waals surface area contributed by atoms with Crippen LogP contribution in [-0.2, 0) is 0 Å². The minimum Gasteiger partial charge on any atom is -0.367 e. The second kappa shape index (κ2) is 4.52. The number of nitrogens with two attached hydrogens (primary N) is 1. The summed E-state index contributed by atoms with van der Waals surface area (Å²) in [6.07, 6.45) is 0. The molecular formula is C3H7ClN4. The molecule has 0 rings (SSSR count). The number of hydrogen-bond acceptors (Lipinski definition) is 2. The molecule has 0 spiro atoms. The molecule has 46 valence electrons. The summed E-state index contributed by atoms with van der Waals surface area (Å²) < 4.78 is 0. The van der Waals surface area contributed by atoms with Gasteiger partial charge in [0.05, 0.1) is 6.54 Å². The molecule has 0 aromatic heterocycles. The number of azo groups is 1. The first kappa shape index (κ1) is 7.36. The molecular weight excluding hydrogens is 128 g/mol. The highest BCUT2D eigenvalue weighted by Gasteiger charge is 1.77. The third-order valence-corrected chi connectivity index (χ3v) is 0.532. The van der Waals surface area contributed by atoms with Crippen LogP contribution in [0.15, 0.2) is 10.2 Å². The van der Waals surface area contributed by atoms with Gasteiger partial charge in [-0.15, -0.1) is 16.7 Å². The van der Waals surface area contributed by atoms with E-state index < -0.39 is 0 Å². The number of nitrogens with zero attached hydrogens (tertiary/aromatic N) is 2. The highest BCUT2D eigenvalue weighted by atomic mass is 35.5. The summed E-state index contributed by atoms with van der Waals surface area (Å²) in [5, 5.41) is 13.2. The van der Waals surface area contributed by atoms with Crippen molar-refractivity contribution < 1.29 is 0 Å². The van der Waals surface area contributed by atoms with Crippen molar-refractivity contribution >= 4 is 17.6 Å². The van der Waals surface area contributed by atoms with E-state index in [1.807, 2.05) is 0 Å². The van der Waals surface area contributed by atoms with E-state index in [0.29, 0.717) is 12.4 Å². The summed E-state index contributed by atoms with van der Waals surface area (Å²) in [7, 11) is 0. The lowest BCUT2D eigenvalue weighted by atomic mass is 10.8. The van der Waals surface area contributed by atoms with E-state index in [-0.39, 0.29) is 5.96 Å². The minimum absolute atomic E-state index is 0.282. The second-order valence-corrected chi connectivity index (χ2v) is 1.42. The van der Waals surface area contributed by atoms with Crippen LogP contribution >= 0.6 is 11.6 Å². The zero-order valence-corrected chi connectivity index (χ0v) is 5.02. The van der Waals surface area contributed by atoms with E-state index in [1.165, 1.54) is 0 Å². The summed E-state index contributed by atoms with van der Waals surface area (Å²) in [6, 6.07) is 0. The van der Waals surface area contributed by atoms with Crippen LogP contribution in [0.5, 0.6) is 0 Å². The van der Waals surface area contributed by atoms with Crippen molar-refractivity contribution in [1.29, 1.82) is 5.41 Å². The van der Waals surface area contributed by atoms with Gasteiger partial charge in [0.1, 0.15) is 0 Å². The predicted molar refractivity (Wildman–Crippen MR) is 32.4 cm³/mol. The lowest BCUT2D eigenvalue weighted by Crippen LogP contribution is -2.04. The molecule has 0 saturated carbocycles. The lowest BCUT2D eigenvalue weighted by Gasteiger charge is -1.81. The summed E-state index contributed by atoms with van der Waals surface area (Å²) in [4.78, 5) is 0. The maximum atomic E-state index is 6.55. The largest absolute Gasteiger partial charge is 0.367 e. The van der Waals surface area contributed by atoms with Gasteiger partial charge in [-0.2, -0.15) is 5.11 Å². The molecule has 0 fully saturated rings. The Balaban J connectivity index is 3.20. The summed E-state index contributed by atoms with van der Waals surface area (Å²) in [5.41, 5.74) is 4.81. The monoisotopic (exact) mass is 134 g/mol. The fraction of sp³-hybridized carbons (Fsp3) is 0.667. The predicted octanol–water partition coefficient (Wildman–Crippen LogP) is 0.571. The van der Waals surface area contributed by atoms with E-state index in [2.05, 4.69) is 10.2 Å². The zero-order valence-electron chi connectivity index (χ0n) is 4.26. The average Bonchev–Trinajstić information content (AvgIpc) is 1.66. The number of guanidine groups is 1. The lowest BCUT2D eigenvalue weighted by molar-refractivity contribution is 1.02. The standard InChI is InChI=1S/C3H7ClN4/c4-1-2-7-8-3(5)6/h1-2H2,(H3,5,6). The average molecular weight is 135 g/mol. The first-order valence-corrected chi connectivity index (χ1v) is 2.58. The van der Waals surface area contributed by atoms with Crippen molar-refractivity contribution in [2.45, 2.75) is 0 Å². The van der Waals surface area contributed by atoms with Crippen molar-refractivity contribution in [3.8, 4) is 0 Å². The second-order valence-electron chi connectivity index (χ2n) is 1.04. The van der Waals surface area contributed by atoms with Gasteiger partial charge >= 0.3 is 0 Å². The molecule has 0 aromatic carbocycles. The number of rotatable bonds is 2. The van der Waals surface area contributed by atoms with Gasteiger partial charge in [-0.25, -0.2) is 0 Å². The molecule has 0 bridgehead atoms. The molecule has 0 amide bonds. The molecule has 5 heteroatoms. The maximum Gasteiger partial charge on any atom is 0.232 e. The molecule has 8 heavy (non-hydrogen) atoms. The molecule has 0 aromatic rings. The molecule has 0 heterocycles. The maximum absolute atomic E-state index is 6.55. The van der Waals surface area contributed by atoms with Gasteiger partial charge in [0.15, 0.2) is 0 Å². The number of halogens is 1. The van der Waals surface area contributed by atoms with E-state index in [0.717, 1.165) is 0 Å². The number of hydrogen-bond donors (Lipinski definition) is 2. The fourth-order valence-electron chi connectivity index (χ4n) is 0.164. The Kier molecular flexibility index (Phi) is 4.16. The Labute approximate surface area is 52.2 Å². The van der Waals surface area contributed by atoms with E-state index in [1.54, 1.807) is 0 Å². The van der Waals surface area contributed by atoms with Crippen LogP contribution in [0.1, 0.15) is 0 Å². The van der Waals surface area contributed by atoms with Crippen LogP contribution in [0.4, 0.5) is 0 Å². The molecule has 0 saturated heterocycles. The van der Waals surface area contributed by atoms with Gasteiger partial charge < -0.3 is 5.73 Å². The molecule has 0 radical (unpaired) electrons. The fourth-order valence-corrected chi connectivity index (χ4v) is 0.240. The Morgan fingerprint density at radius 3 is 2.75 bits per heavy atom. The molecule has 0 unspecified atom stereocenters. The van der Waals surface area contributed by atoms with Crippen molar-refractivity contribution in [2.75, 3.05) is 12.4 Å². The third-order valence-electron chi connectivity index (χ3n) is 0.363. The van der Waals surface area contributed by atoms with E-state index in [9.17, 15) is 0 Å². The highest BCUT2D eigenvalue weighted by Crippen LogP contribution is 1.77. The van der Waals surface area contributed by atoms with E-state index in [4.69, 9.17) is 22.7 Å². The van der Waals surface area contributed by atoms with Crippen LogP contribution in [0.3, 0.4) is 0 Å². The molecule has 0 aliphatic heterocycles. The van der Waals surface area contributed by atoms with Crippen molar-refractivity contribution in [1.82, 2.24) is 0 Å². The minimum atomic E-state index is -0.282. The van der Waals surface area contributed by atoms with Crippen molar-refractivity contribution in [3.63, 3.8) is 0 Å². The van der Waals surface area contributed by atoms with Gasteiger partial charge in [0.2, 0.25) is 5.96 Å². The first-order valence-electron chi connectivity index (χ1n) is 2.05. The van der Waals surface area contributed by atoms with Crippen molar-refractivity contribution in [2.24, 2.45) is 16.0 Å². The summed E-state index contributed by atoms with van der Waals surface area (Å²) >= 11 is 5.22. The van der Waals surface area contributed by atoms with Crippen LogP contribution in [-0.4, -0.2) is 18.4 Å². The Morgan fingerprint density at radius 1 is 1.75 bits per heavy atom. The molecule has 3 N–H and O–H groups in total. The SMILES string of the molecule is N=C(N)N=NCCCl. The van der Waals surface area contributed by atoms with Crippen LogP contribution < -0.4 is 5.73 Å². The summed E-state index contributed by atoms with van der Waals surface area (Å²) in [6.45, 7) is 0.418. The van der Waals surface area contributed by atoms with E-state index >= 15 is 0 Å². The third kappa shape index (κ3) is 5.36. The Morgan fingerprint density at radius 2 is 2.38 bits per heavy atom. The number of nitrogens with one attached hydrogen (secondary N) is 1. The highest BCUT2D eigenvalue weighted by molar-refractivity contribution is 6.18. The van der Waals surface area contributed by atoms with Gasteiger partial charge in [-0.3, -0.25) is 5.41 Å². The van der Waals surface area contributed by atoms with Crippen LogP contribution in [0, 0.1) is 5.41 Å². The molecule has 4 nitrogen and oxygen atoms in total. The van der Waals surface area contributed by atoms with Crippen LogP contribution in [0.2, 0.25) is 0 Å². The topological polar surface area (TPSA) is 74.6 Å². The Bertz CT molecular complexity index is 99.5. The first-order chi connectivity index (χ1) is 3.77. The van der Waals surface area contributed by atoms with Gasteiger partial charge in [-0.1, -0.05) is 0 Å². The smallest absolute Gasteiger partial charge is 0.232 e. The van der Waals surface area contributed by atoms with Gasteiger partial charge in [0, 0.05) is 5.88 Å². The molecule has 0 atom stereocenters.